The molecule has 2 aromatic heterocycles. The van der Waals surface area contributed by atoms with Gasteiger partial charge in [-0.15, -0.1) is 0 Å². The van der Waals surface area contributed by atoms with E-state index in [1.807, 2.05) is 12.4 Å². The lowest BCUT2D eigenvalue weighted by atomic mass is 10.1. The van der Waals surface area contributed by atoms with Crippen molar-refractivity contribution < 1.29 is 9.47 Å². The summed E-state index contributed by atoms with van der Waals surface area (Å²) in [7, 11) is 0. The van der Waals surface area contributed by atoms with Gasteiger partial charge in [0, 0.05) is 45.3 Å². The van der Waals surface area contributed by atoms with Gasteiger partial charge < -0.3 is 24.3 Å². The van der Waals surface area contributed by atoms with E-state index in [1.165, 1.54) is 5.56 Å². The molecule has 3 aromatic rings. The van der Waals surface area contributed by atoms with Gasteiger partial charge in [0.1, 0.15) is 0 Å². The van der Waals surface area contributed by atoms with E-state index in [9.17, 15) is 0 Å². The Labute approximate surface area is 188 Å². The summed E-state index contributed by atoms with van der Waals surface area (Å²) in [5, 5.41) is 3.44. The van der Waals surface area contributed by atoms with Crippen molar-refractivity contribution in [2.24, 2.45) is 0 Å². The van der Waals surface area contributed by atoms with Crippen molar-refractivity contribution in [2.75, 3.05) is 49.7 Å². The molecule has 9 nitrogen and oxygen atoms in total. The molecule has 2 aliphatic heterocycles. The third kappa shape index (κ3) is 4.04. The molecular formula is C23H31N7O2. The van der Waals surface area contributed by atoms with Crippen molar-refractivity contribution in [3.63, 3.8) is 0 Å². The van der Waals surface area contributed by atoms with Crippen molar-refractivity contribution in [2.45, 2.75) is 39.8 Å². The molecule has 9 heteroatoms. The Morgan fingerprint density at radius 1 is 1.06 bits per heavy atom. The molecule has 1 fully saturated rings. The SMILES string of the molecule is CCCNc1nc(N2CCN(Cc3ccc4c(c3)OCO4)CC2)nc2c1ncn2C(C)C. The van der Waals surface area contributed by atoms with Gasteiger partial charge in [-0.1, -0.05) is 13.0 Å². The lowest BCUT2D eigenvalue weighted by molar-refractivity contribution is 0.174. The molecule has 0 saturated carbocycles. The smallest absolute Gasteiger partial charge is 0.231 e. The Morgan fingerprint density at radius 2 is 1.88 bits per heavy atom. The van der Waals surface area contributed by atoms with E-state index >= 15 is 0 Å². The Hall–Kier alpha value is -3.07. The second kappa shape index (κ2) is 8.82. The monoisotopic (exact) mass is 437 g/mol. The summed E-state index contributed by atoms with van der Waals surface area (Å²) >= 11 is 0. The molecule has 0 unspecified atom stereocenters. The zero-order valence-electron chi connectivity index (χ0n) is 19.0. The highest BCUT2D eigenvalue weighted by Crippen LogP contribution is 2.33. The zero-order valence-corrected chi connectivity index (χ0v) is 19.0. The number of piperazine rings is 1. The van der Waals surface area contributed by atoms with Crippen LogP contribution in [0.4, 0.5) is 11.8 Å². The Balaban J connectivity index is 1.31. The van der Waals surface area contributed by atoms with Gasteiger partial charge in [-0.05, 0) is 38.0 Å². The van der Waals surface area contributed by atoms with Gasteiger partial charge in [-0.3, -0.25) is 4.90 Å². The third-order valence-corrected chi connectivity index (χ3v) is 6.01. The molecule has 0 aliphatic carbocycles. The number of ether oxygens (including phenoxy) is 2. The molecule has 4 heterocycles. The molecule has 170 valence electrons. The second-order valence-corrected chi connectivity index (χ2v) is 8.67. The first-order valence-corrected chi connectivity index (χ1v) is 11.5. The van der Waals surface area contributed by atoms with Crippen molar-refractivity contribution in [1.29, 1.82) is 0 Å². The molecule has 1 N–H and O–H groups in total. The minimum atomic E-state index is 0.292. The van der Waals surface area contributed by atoms with E-state index in [2.05, 4.69) is 57.6 Å². The number of anilines is 2. The van der Waals surface area contributed by atoms with Crippen molar-refractivity contribution in [1.82, 2.24) is 24.4 Å². The number of nitrogens with one attached hydrogen (secondary N) is 1. The molecule has 0 spiro atoms. The fourth-order valence-corrected chi connectivity index (χ4v) is 4.19. The standard InChI is InChI=1S/C23H31N7O2/c1-4-7-24-21-20-22(30(14-25-20)16(2)3)27-23(26-21)29-10-8-28(9-11-29)13-17-5-6-18-19(12-17)32-15-31-18/h5-6,12,14,16H,4,7-11,13,15H2,1-3H3,(H,24,26,27). The molecule has 2 aliphatic rings. The molecule has 32 heavy (non-hydrogen) atoms. The first-order valence-electron chi connectivity index (χ1n) is 11.5. The summed E-state index contributed by atoms with van der Waals surface area (Å²) in [6.45, 7) is 12.2. The summed E-state index contributed by atoms with van der Waals surface area (Å²) in [5.74, 6) is 3.28. The van der Waals surface area contributed by atoms with Crippen LogP contribution in [0.15, 0.2) is 24.5 Å². The van der Waals surface area contributed by atoms with Crippen LogP contribution >= 0.6 is 0 Å². The average Bonchev–Trinajstić information content (AvgIpc) is 3.44. The Kier molecular flexibility index (Phi) is 5.73. The number of nitrogens with zero attached hydrogens (tertiary/aromatic N) is 6. The van der Waals surface area contributed by atoms with Gasteiger partial charge in [0.05, 0.1) is 6.33 Å². The maximum absolute atomic E-state index is 5.52. The predicted octanol–water partition coefficient (Wildman–Crippen LogP) is 3.28. The molecular weight excluding hydrogens is 406 g/mol. The highest BCUT2D eigenvalue weighted by Gasteiger charge is 2.23. The van der Waals surface area contributed by atoms with Gasteiger partial charge in [0.15, 0.2) is 28.5 Å². The van der Waals surface area contributed by atoms with Crippen LogP contribution < -0.4 is 19.7 Å². The Morgan fingerprint density at radius 3 is 2.66 bits per heavy atom. The van der Waals surface area contributed by atoms with Crippen LogP contribution in [0.25, 0.3) is 11.2 Å². The van der Waals surface area contributed by atoms with Gasteiger partial charge in [-0.25, -0.2) is 4.98 Å². The van der Waals surface area contributed by atoms with E-state index in [4.69, 9.17) is 19.4 Å². The quantitative estimate of drug-likeness (QED) is 0.603. The van der Waals surface area contributed by atoms with Crippen LogP contribution in [0, 0.1) is 0 Å². The molecule has 0 bridgehead atoms. The molecule has 1 saturated heterocycles. The summed E-state index contributed by atoms with van der Waals surface area (Å²) in [6, 6.07) is 6.50. The number of hydrogen-bond donors (Lipinski definition) is 1. The van der Waals surface area contributed by atoms with Crippen molar-refractivity contribution in [3.8, 4) is 11.5 Å². The normalized spacial score (nSPS) is 16.3. The highest BCUT2D eigenvalue weighted by atomic mass is 16.7. The third-order valence-electron chi connectivity index (χ3n) is 6.01. The predicted molar refractivity (Wildman–Crippen MR) is 125 cm³/mol. The minimum absolute atomic E-state index is 0.292. The maximum Gasteiger partial charge on any atom is 0.231 e. The molecule has 0 amide bonds. The van der Waals surface area contributed by atoms with Crippen LogP contribution in [-0.4, -0.2) is 63.9 Å². The van der Waals surface area contributed by atoms with Crippen LogP contribution in [0.1, 0.15) is 38.8 Å². The van der Waals surface area contributed by atoms with Gasteiger partial charge in [0.2, 0.25) is 12.7 Å². The average molecular weight is 438 g/mol. The number of imidazole rings is 1. The zero-order chi connectivity index (χ0) is 22.1. The molecule has 5 rings (SSSR count). The Bertz CT molecular complexity index is 1090. The number of aromatic nitrogens is 4. The van der Waals surface area contributed by atoms with Crippen LogP contribution in [0.3, 0.4) is 0 Å². The lowest BCUT2D eigenvalue weighted by Gasteiger charge is -2.35. The summed E-state index contributed by atoms with van der Waals surface area (Å²) < 4.78 is 13.1. The summed E-state index contributed by atoms with van der Waals surface area (Å²) in [5.41, 5.74) is 2.98. The lowest BCUT2D eigenvalue weighted by Crippen LogP contribution is -2.46. The van der Waals surface area contributed by atoms with Gasteiger partial charge in [0.25, 0.3) is 0 Å². The van der Waals surface area contributed by atoms with E-state index < -0.39 is 0 Å². The van der Waals surface area contributed by atoms with E-state index in [0.29, 0.717) is 12.8 Å². The highest BCUT2D eigenvalue weighted by molar-refractivity contribution is 5.84. The molecule has 1 aromatic carbocycles. The minimum Gasteiger partial charge on any atom is -0.454 e. The fraction of sp³-hybridized carbons (Fsp3) is 0.522. The number of benzene rings is 1. The van der Waals surface area contributed by atoms with Crippen molar-refractivity contribution >= 4 is 22.9 Å². The summed E-state index contributed by atoms with van der Waals surface area (Å²) in [4.78, 5) is 19.1. The van der Waals surface area contributed by atoms with Crippen LogP contribution in [-0.2, 0) is 6.54 Å². The fourth-order valence-electron chi connectivity index (χ4n) is 4.19. The van der Waals surface area contributed by atoms with E-state index in [1.54, 1.807) is 0 Å². The topological polar surface area (TPSA) is 80.6 Å². The summed E-state index contributed by atoms with van der Waals surface area (Å²) in [6.07, 6.45) is 2.90. The number of hydrogen-bond acceptors (Lipinski definition) is 8. The molecule has 0 radical (unpaired) electrons. The molecule has 0 atom stereocenters. The van der Waals surface area contributed by atoms with Crippen LogP contribution in [0.2, 0.25) is 0 Å². The van der Waals surface area contributed by atoms with Crippen LogP contribution in [0.5, 0.6) is 11.5 Å². The number of rotatable bonds is 7. The van der Waals surface area contributed by atoms with E-state index in [0.717, 1.165) is 80.1 Å². The first kappa shape index (κ1) is 20.8. The second-order valence-electron chi connectivity index (χ2n) is 8.67. The van der Waals surface area contributed by atoms with Gasteiger partial charge in [-0.2, -0.15) is 9.97 Å². The largest absolute Gasteiger partial charge is 0.454 e. The maximum atomic E-state index is 5.52. The van der Waals surface area contributed by atoms with Gasteiger partial charge >= 0.3 is 0 Å². The first-order chi connectivity index (χ1) is 15.6. The number of fused-ring (bicyclic) bond motifs is 2. The van der Waals surface area contributed by atoms with Crippen molar-refractivity contribution in [3.05, 3.63) is 30.1 Å². The van der Waals surface area contributed by atoms with E-state index in [-0.39, 0.29) is 0 Å².